The average molecular weight is 249 g/mol. The number of benzene rings is 1. The van der Waals surface area contributed by atoms with Gasteiger partial charge < -0.3 is 20.7 Å². The molecule has 98 valence electrons. The van der Waals surface area contributed by atoms with E-state index in [0.717, 1.165) is 37.6 Å². The third kappa shape index (κ3) is 3.63. The van der Waals surface area contributed by atoms with Crippen molar-refractivity contribution in [3.63, 3.8) is 0 Å². The molecule has 5 heteroatoms. The molecule has 1 aliphatic heterocycles. The molecule has 0 aromatic heterocycles. The predicted molar refractivity (Wildman–Crippen MR) is 71.9 cm³/mol. The summed E-state index contributed by atoms with van der Waals surface area (Å²) in [6, 6.07) is 7.46. The summed E-state index contributed by atoms with van der Waals surface area (Å²) in [7, 11) is 1.59. The van der Waals surface area contributed by atoms with Crippen LogP contribution in [0, 0.1) is 5.92 Å². The van der Waals surface area contributed by atoms with Gasteiger partial charge in [-0.3, -0.25) is 0 Å². The summed E-state index contributed by atoms with van der Waals surface area (Å²) in [6.45, 7) is 2.66. The number of urea groups is 1. The summed E-state index contributed by atoms with van der Waals surface area (Å²) in [6.07, 6.45) is 1.13. The summed E-state index contributed by atoms with van der Waals surface area (Å²) in [5.74, 6) is 0.605. The summed E-state index contributed by atoms with van der Waals surface area (Å²) < 4.78 is 5.33. The maximum absolute atomic E-state index is 11.1. The highest BCUT2D eigenvalue weighted by atomic mass is 16.5. The van der Waals surface area contributed by atoms with E-state index in [1.807, 2.05) is 24.3 Å². The van der Waals surface area contributed by atoms with Gasteiger partial charge in [0.15, 0.2) is 0 Å². The van der Waals surface area contributed by atoms with Gasteiger partial charge in [0.2, 0.25) is 0 Å². The molecule has 1 fully saturated rings. The van der Waals surface area contributed by atoms with Gasteiger partial charge in [0.1, 0.15) is 0 Å². The number of carbonyl (C=O) groups is 1. The van der Waals surface area contributed by atoms with Crippen molar-refractivity contribution in [1.29, 1.82) is 0 Å². The minimum absolute atomic E-state index is 0.209. The number of amides is 2. The van der Waals surface area contributed by atoms with Crippen LogP contribution in [0.25, 0.3) is 0 Å². The van der Waals surface area contributed by atoms with Crippen molar-refractivity contribution in [2.75, 3.05) is 37.4 Å². The molecule has 1 atom stereocenters. The Balaban J connectivity index is 1.81. The lowest BCUT2D eigenvalue weighted by Gasteiger charge is -2.11. The van der Waals surface area contributed by atoms with Gasteiger partial charge in [-0.1, -0.05) is 0 Å². The standard InChI is InChI=1S/C13H19N3O2/c1-14-13(17)16-12-4-2-11(3-5-12)15-8-10-6-7-18-9-10/h2-5,10,15H,6-9H2,1H3,(H2,14,16,17). The minimum Gasteiger partial charge on any atom is -0.385 e. The summed E-state index contributed by atoms with van der Waals surface area (Å²) in [5.41, 5.74) is 1.84. The van der Waals surface area contributed by atoms with E-state index in [-0.39, 0.29) is 6.03 Å². The van der Waals surface area contributed by atoms with Gasteiger partial charge in [-0.15, -0.1) is 0 Å². The molecule has 5 nitrogen and oxygen atoms in total. The van der Waals surface area contributed by atoms with Crippen molar-refractivity contribution in [1.82, 2.24) is 5.32 Å². The molecule has 3 N–H and O–H groups in total. The Hall–Kier alpha value is -1.75. The van der Waals surface area contributed by atoms with Crippen molar-refractivity contribution in [3.8, 4) is 0 Å². The number of anilines is 2. The number of rotatable bonds is 4. The molecule has 0 radical (unpaired) electrons. The third-order valence-electron chi connectivity index (χ3n) is 2.99. The monoisotopic (exact) mass is 249 g/mol. The third-order valence-corrected chi connectivity index (χ3v) is 2.99. The molecule has 1 saturated heterocycles. The van der Waals surface area contributed by atoms with E-state index in [1.54, 1.807) is 7.05 Å². The molecular weight excluding hydrogens is 230 g/mol. The average Bonchev–Trinajstić information content (AvgIpc) is 2.91. The number of carbonyl (C=O) groups excluding carboxylic acids is 1. The molecule has 0 aliphatic carbocycles. The maximum atomic E-state index is 11.1. The lowest BCUT2D eigenvalue weighted by Crippen LogP contribution is -2.24. The molecule has 0 spiro atoms. The highest BCUT2D eigenvalue weighted by Gasteiger charge is 2.14. The molecule has 1 aromatic rings. The van der Waals surface area contributed by atoms with Crippen LogP contribution in [0.3, 0.4) is 0 Å². The van der Waals surface area contributed by atoms with Crippen LogP contribution < -0.4 is 16.0 Å². The number of hydrogen-bond donors (Lipinski definition) is 3. The van der Waals surface area contributed by atoms with Gasteiger partial charge in [-0.2, -0.15) is 0 Å². The minimum atomic E-state index is -0.209. The van der Waals surface area contributed by atoms with Crippen LogP contribution in [0.15, 0.2) is 24.3 Å². The van der Waals surface area contributed by atoms with E-state index in [1.165, 1.54) is 0 Å². The topological polar surface area (TPSA) is 62.4 Å². The summed E-state index contributed by atoms with van der Waals surface area (Å²) >= 11 is 0. The summed E-state index contributed by atoms with van der Waals surface area (Å²) in [4.78, 5) is 11.1. The van der Waals surface area contributed by atoms with Gasteiger partial charge in [0, 0.05) is 37.5 Å². The number of hydrogen-bond acceptors (Lipinski definition) is 3. The van der Waals surface area contributed by atoms with Crippen LogP contribution in [-0.4, -0.2) is 32.8 Å². The van der Waals surface area contributed by atoms with E-state index in [0.29, 0.717) is 5.92 Å². The second-order valence-electron chi connectivity index (χ2n) is 4.39. The fourth-order valence-corrected chi connectivity index (χ4v) is 1.87. The van der Waals surface area contributed by atoms with Crippen LogP contribution in [0.4, 0.5) is 16.2 Å². The zero-order chi connectivity index (χ0) is 12.8. The quantitative estimate of drug-likeness (QED) is 0.763. The molecule has 0 bridgehead atoms. The van der Waals surface area contributed by atoms with Gasteiger partial charge in [-0.25, -0.2) is 4.79 Å². The van der Waals surface area contributed by atoms with Gasteiger partial charge in [0.05, 0.1) is 6.61 Å². The molecule has 1 heterocycles. The normalized spacial score (nSPS) is 18.4. The van der Waals surface area contributed by atoms with Crippen LogP contribution in [0.2, 0.25) is 0 Å². The molecule has 18 heavy (non-hydrogen) atoms. The Labute approximate surface area is 107 Å². The first-order valence-corrected chi connectivity index (χ1v) is 6.18. The predicted octanol–water partition coefficient (Wildman–Crippen LogP) is 1.89. The zero-order valence-corrected chi connectivity index (χ0v) is 10.5. The number of nitrogens with one attached hydrogen (secondary N) is 3. The number of ether oxygens (including phenoxy) is 1. The van der Waals surface area contributed by atoms with E-state index < -0.39 is 0 Å². The first-order chi connectivity index (χ1) is 8.78. The van der Waals surface area contributed by atoms with Crippen LogP contribution in [0.1, 0.15) is 6.42 Å². The SMILES string of the molecule is CNC(=O)Nc1ccc(NCC2CCOC2)cc1. The second kappa shape index (κ2) is 6.26. The molecule has 1 aromatic carbocycles. The van der Waals surface area contributed by atoms with Crippen molar-refractivity contribution < 1.29 is 9.53 Å². The van der Waals surface area contributed by atoms with E-state index >= 15 is 0 Å². The Morgan fingerprint density at radius 3 is 2.67 bits per heavy atom. The highest BCUT2D eigenvalue weighted by Crippen LogP contribution is 2.16. The Morgan fingerprint density at radius 1 is 1.33 bits per heavy atom. The van der Waals surface area contributed by atoms with Crippen molar-refractivity contribution in [3.05, 3.63) is 24.3 Å². The fraction of sp³-hybridized carbons (Fsp3) is 0.462. The highest BCUT2D eigenvalue weighted by molar-refractivity contribution is 5.89. The van der Waals surface area contributed by atoms with Crippen molar-refractivity contribution in [2.45, 2.75) is 6.42 Å². The van der Waals surface area contributed by atoms with E-state index in [9.17, 15) is 4.79 Å². The van der Waals surface area contributed by atoms with Gasteiger partial charge in [-0.05, 0) is 30.7 Å². The first kappa shape index (κ1) is 12.7. The van der Waals surface area contributed by atoms with Crippen LogP contribution in [0.5, 0.6) is 0 Å². The van der Waals surface area contributed by atoms with Crippen molar-refractivity contribution in [2.24, 2.45) is 5.92 Å². The second-order valence-corrected chi connectivity index (χ2v) is 4.39. The lowest BCUT2D eigenvalue weighted by molar-refractivity contribution is 0.187. The fourth-order valence-electron chi connectivity index (χ4n) is 1.87. The Kier molecular flexibility index (Phi) is 4.41. The summed E-state index contributed by atoms with van der Waals surface area (Å²) in [5, 5.41) is 8.60. The lowest BCUT2D eigenvalue weighted by atomic mass is 10.1. The Bertz CT molecular complexity index is 386. The molecule has 1 aliphatic rings. The van der Waals surface area contributed by atoms with Gasteiger partial charge >= 0.3 is 6.03 Å². The van der Waals surface area contributed by atoms with Gasteiger partial charge in [0.25, 0.3) is 0 Å². The van der Waals surface area contributed by atoms with E-state index in [2.05, 4.69) is 16.0 Å². The first-order valence-electron chi connectivity index (χ1n) is 6.18. The molecule has 2 rings (SSSR count). The van der Waals surface area contributed by atoms with E-state index in [4.69, 9.17) is 4.74 Å². The molecule has 1 unspecified atom stereocenters. The molecular formula is C13H19N3O2. The largest absolute Gasteiger partial charge is 0.385 e. The maximum Gasteiger partial charge on any atom is 0.318 e. The smallest absolute Gasteiger partial charge is 0.318 e. The molecule has 0 saturated carbocycles. The Morgan fingerprint density at radius 2 is 2.06 bits per heavy atom. The van der Waals surface area contributed by atoms with Crippen molar-refractivity contribution >= 4 is 17.4 Å². The zero-order valence-electron chi connectivity index (χ0n) is 10.5. The van der Waals surface area contributed by atoms with Crippen LogP contribution in [-0.2, 0) is 4.74 Å². The van der Waals surface area contributed by atoms with Crippen LogP contribution >= 0.6 is 0 Å². The molecule has 2 amide bonds.